The van der Waals surface area contributed by atoms with Crippen LogP contribution in [-0.4, -0.2) is 5.91 Å². The molecular weight excluding hydrogens is 258 g/mol. The largest absolute Gasteiger partial charge is 0.343 e. The van der Waals surface area contributed by atoms with Crippen molar-refractivity contribution in [1.29, 1.82) is 0 Å². The Balaban J connectivity index is 2.16. The van der Waals surface area contributed by atoms with E-state index in [-0.39, 0.29) is 5.91 Å². The number of carbonyl (C=O) groups is 1. The van der Waals surface area contributed by atoms with E-state index in [1.54, 1.807) is 24.3 Å². The summed E-state index contributed by atoms with van der Waals surface area (Å²) in [6, 6.07) is 16.8. The van der Waals surface area contributed by atoms with E-state index in [2.05, 4.69) is 5.32 Å². The van der Waals surface area contributed by atoms with Gasteiger partial charge in [0.15, 0.2) is 0 Å². The van der Waals surface area contributed by atoms with Crippen LogP contribution >= 0.6 is 11.6 Å². The Bertz CT molecular complexity index is 561. The average Bonchev–Trinajstić information content (AvgIpc) is 2.40. The lowest BCUT2D eigenvalue weighted by Gasteiger charge is -2.27. The van der Waals surface area contributed by atoms with Crippen LogP contribution in [0.2, 0.25) is 5.02 Å². The van der Waals surface area contributed by atoms with E-state index in [0.29, 0.717) is 10.6 Å². The Hall–Kier alpha value is -1.80. The van der Waals surface area contributed by atoms with Crippen molar-refractivity contribution in [1.82, 2.24) is 5.32 Å². The smallest absolute Gasteiger partial charge is 0.251 e. The summed E-state index contributed by atoms with van der Waals surface area (Å²) < 4.78 is 0. The maximum absolute atomic E-state index is 12.2. The van der Waals surface area contributed by atoms with Gasteiger partial charge in [-0.3, -0.25) is 4.79 Å². The first kappa shape index (κ1) is 13.6. The average molecular weight is 274 g/mol. The molecule has 2 aromatic rings. The van der Waals surface area contributed by atoms with Gasteiger partial charge in [0.1, 0.15) is 0 Å². The Morgan fingerprint density at radius 3 is 2.16 bits per heavy atom. The third-order valence-electron chi connectivity index (χ3n) is 3.03. The number of hydrogen-bond acceptors (Lipinski definition) is 1. The molecule has 1 N–H and O–H groups in total. The van der Waals surface area contributed by atoms with Crippen LogP contribution in [0.5, 0.6) is 0 Å². The highest BCUT2D eigenvalue weighted by Gasteiger charge is 2.22. The molecule has 2 aromatic carbocycles. The van der Waals surface area contributed by atoms with Crippen molar-refractivity contribution < 1.29 is 4.79 Å². The molecule has 0 fully saturated rings. The quantitative estimate of drug-likeness (QED) is 0.900. The maximum Gasteiger partial charge on any atom is 0.251 e. The van der Waals surface area contributed by atoms with Gasteiger partial charge in [-0.1, -0.05) is 41.9 Å². The lowest BCUT2D eigenvalue weighted by atomic mass is 9.94. The molecule has 2 nitrogen and oxygen atoms in total. The van der Waals surface area contributed by atoms with Crippen LogP contribution in [0, 0.1) is 0 Å². The van der Waals surface area contributed by atoms with Crippen LogP contribution in [0.25, 0.3) is 0 Å². The number of rotatable bonds is 3. The fourth-order valence-electron chi connectivity index (χ4n) is 1.88. The standard InChI is InChI=1S/C16H16ClNO/c1-16(2,13-6-4-3-5-7-13)18-15(19)12-8-10-14(17)11-9-12/h3-11H,1-2H3,(H,18,19). The van der Waals surface area contributed by atoms with Crippen LogP contribution < -0.4 is 5.32 Å². The molecule has 0 spiro atoms. The summed E-state index contributed by atoms with van der Waals surface area (Å²) >= 11 is 5.81. The number of halogens is 1. The molecule has 0 radical (unpaired) electrons. The topological polar surface area (TPSA) is 29.1 Å². The van der Waals surface area contributed by atoms with Gasteiger partial charge in [0.05, 0.1) is 5.54 Å². The molecule has 3 heteroatoms. The summed E-state index contributed by atoms with van der Waals surface area (Å²) in [5.41, 5.74) is 1.25. The predicted molar refractivity (Wildman–Crippen MR) is 78.4 cm³/mol. The SMILES string of the molecule is CC(C)(NC(=O)c1ccc(Cl)cc1)c1ccccc1. The monoisotopic (exact) mass is 273 g/mol. The lowest BCUT2D eigenvalue weighted by molar-refractivity contribution is 0.0912. The van der Waals surface area contributed by atoms with E-state index >= 15 is 0 Å². The van der Waals surface area contributed by atoms with Gasteiger partial charge in [0, 0.05) is 10.6 Å². The van der Waals surface area contributed by atoms with Crippen molar-refractivity contribution in [2.75, 3.05) is 0 Å². The molecule has 0 aromatic heterocycles. The molecule has 0 heterocycles. The van der Waals surface area contributed by atoms with E-state index in [1.807, 2.05) is 44.2 Å². The molecule has 0 saturated carbocycles. The molecule has 0 atom stereocenters. The minimum Gasteiger partial charge on any atom is -0.343 e. The van der Waals surface area contributed by atoms with E-state index in [9.17, 15) is 4.79 Å². The number of carbonyl (C=O) groups excluding carboxylic acids is 1. The summed E-state index contributed by atoms with van der Waals surface area (Å²) in [7, 11) is 0. The third kappa shape index (κ3) is 3.36. The fraction of sp³-hybridized carbons (Fsp3) is 0.188. The predicted octanol–water partition coefficient (Wildman–Crippen LogP) is 4.01. The Kier molecular flexibility index (Phi) is 3.91. The van der Waals surface area contributed by atoms with Gasteiger partial charge < -0.3 is 5.32 Å². The maximum atomic E-state index is 12.2. The van der Waals surface area contributed by atoms with Crippen LogP contribution in [0.3, 0.4) is 0 Å². The van der Waals surface area contributed by atoms with Gasteiger partial charge in [0.2, 0.25) is 0 Å². The molecule has 19 heavy (non-hydrogen) atoms. The summed E-state index contributed by atoms with van der Waals surface area (Å²) in [4.78, 5) is 12.2. The zero-order valence-electron chi connectivity index (χ0n) is 11.0. The Labute approximate surface area is 118 Å². The van der Waals surface area contributed by atoms with Gasteiger partial charge in [0.25, 0.3) is 5.91 Å². The second-order valence-corrected chi connectivity index (χ2v) is 5.39. The molecule has 0 aliphatic carbocycles. The first-order valence-corrected chi connectivity index (χ1v) is 6.50. The van der Waals surface area contributed by atoms with Crippen molar-refractivity contribution in [3.05, 3.63) is 70.7 Å². The lowest BCUT2D eigenvalue weighted by Crippen LogP contribution is -2.40. The molecule has 0 unspecified atom stereocenters. The number of nitrogens with one attached hydrogen (secondary N) is 1. The van der Waals surface area contributed by atoms with E-state index in [4.69, 9.17) is 11.6 Å². The van der Waals surface area contributed by atoms with Gasteiger partial charge in [-0.05, 0) is 43.7 Å². The zero-order chi connectivity index (χ0) is 13.9. The molecule has 0 aliphatic rings. The zero-order valence-corrected chi connectivity index (χ0v) is 11.7. The highest BCUT2D eigenvalue weighted by atomic mass is 35.5. The van der Waals surface area contributed by atoms with E-state index in [0.717, 1.165) is 5.56 Å². The highest BCUT2D eigenvalue weighted by molar-refractivity contribution is 6.30. The van der Waals surface area contributed by atoms with Crippen molar-refractivity contribution >= 4 is 17.5 Å². The second kappa shape index (κ2) is 5.45. The van der Waals surface area contributed by atoms with E-state index < -0.39 is 5.54 Å². The van der Waals surface area contributed by atoms with Gasteiger partial charge in [-0.2, -0.15) is 0 Å². The Morgan fingerprint density at radius 1 is 1.00 bits per heavy atom. The summed E-state index contributed by atoms with van der Waals surface area (Å²) in [5, 5.41) is 3.65. The van der Waals surface area contributed by atoms with Crippen LogP contribution in [0.1, 0.15) is 29.8 Å². The number of benzene rings is 2. The molecule has 0 saturated heterocycles. The van der Waals surface area contributed by atoms with Gasteiger partial charge >= 0.3 is 0 Å². The summed E-state index contributed by atoms with van der Waals surface area (Å²) in [6.07, 6.45) is 0. The molecule has 1 amide bonds. The minimum absolute atomic E-state index is 0.106. The molecule has 2 rings (SSSR count). The second-order valence-electron chi connectivity index (χ2n) is 4.95. The molecule has 0 bridgehead atoms. The third-order valence-corrected chi connectivity index (χ3v) is 3.28. The van der Waals surface area contributed by atoms with Crippen LogP contribution in [-0.2, 0) is 5.54 Å². The number of hydrogen-bond donors (Lipinski definition) is 1. The Morgan fingerprint density at radius 2 is 1.58 bits per heavy atom. The molecular formula is C16H16ClNO. The first-order chi connectivity index (χ1) is 8.99. The fourth-order valence-corrected chi connectivity index (χ4v) is 2.01. The van der Waals surface area contributed by atoms with Gasteiger partial charge in [-0.25, -0.2) is 0 Å². The molecule has 98 valence electrons. The summed E-state index contributed by atoms with van der Waals surface area (Å²) in [5.74, 6) is -0.106. The van der Waals surface area contributed by atoms with Crippen molar-refractivity contribution in [3.63, 3.8) is 0 Å². The molecule has 0 aliphatic heterocycles. The van der Waals surface area contributed by atoms with Crippen LogP contribution in [0.4, 0.5) is 0 Å². The first-order valence-electron chi connectivity index (χ1n) is 6.13. The van der Waals surface area contributed by atoms with Crippen molar-refractivity contribution in [3.8, 4) is 0 Å². The highest BCUT2D eigenvalue weighted by Crippen LogP contribution is 2.20. The van der Waals surface area contributed by atoms with Crippen molar-refractivity contribution in [2.45, 2.75) is 19.4 Å². The van der Waals surface area contributed by atoms with Crippen LogP contribution in [0.15, 0.2) is 54.6 Å². The van der Waals surface area contributed by atoms with Crippen molar-refractivity contribution in [2.24, 2.45) is 0 Å². The minimum atomic E-state index is -0.419. The summed E-state index contributed by atoms with van der Waals surface area (Å²) in [6.45, 7) is 3.96. The number of amides is 1. The van der Waals surface area contributed by atoms with Gasteiger partial charge in [-0.15, -0.1) is 0 Å². The normalized spacial score (nSPS) is 11.1. The van der Waals surface area contributed by atoms with E-state index in [1.165, 1.54) is 0 Å².